The summed E-state index contributed by atoms with van der Waals surface area (Å²) in [6.45, 7) is 0.894. The van der Waals surface area contributed by atoms with Crippen molar-refractivity contribution in [3.63, 3.8) is 0 Å². The first-order valence-electron chi connectivity index (χ1n) is 12.8. The van der Waals surface area contributed by atoms with Gasteiger partial charge in [0.05, 0.1) is 53.7 Å². The van der Waals surface area contributed by atoms with Gasteiger partial charge in [0.2, 0.25) is 0 Å². The molecule has 0 bridgehead atoms. The maximum absolute atomic E-state index is 12.9. The van der Waals surface area contributed by atoms with Crippen LogP contribution < -0.4 is 18.9 Å². The average Bonchev–Trinajstić information content (AvgIpc) is 3.33. The van der Waals surface area contributed by atoms with E-state index in [0.717, 1.165) is 43.2 Å². The Morgan fingerprint density at radius 2 is 1.47 bits per heavy atom. The lowest BCUT2D eigenvalue weighted by Crippen LogP contribution is -2.27. The van der Waals surface area contributed by atoms with E-state index in [-0.39, 0.29) is 29.8 Å². The summed E-state index contributed by atoms with van der Waals surface area (Å²) in [5, 5.41) is 0. The molecule has 1 saturated carbocycles. The van der Waals surface area contributed by atoms with Crippen molar-refractivity contribution in [1.29, 1.82) is 0 Å². The highest BCUT2D eigenvalue weighted by molar-refractivity contribution is 5.72. The van der Waals surface area contributed by atoms with Crippen LogP contribution in [-0.2, 0) is 20.7 Å². The number of carbonyl (C=O) groups is 1. The SMILES string of the molecule is COc1ccc(C[C@H]2COC(c3ccc(OC)c(OC)c3)[C@H]2COC(=O)C2CCCCC2)cc1OC. The molecule has 1 heterocycles. The quantitative estimate of drug-likeness (QED) is 0.407. The van der Waals surface area contributed by atoms with E-state index in [1.165, 1.54) is 6.42 Å². The summed E-state index contributed by atoms with van der Waals surface area (Å²) in [4.78, 5) is 12.9. The Bertz CT molecular complexity index is 1010. The molecule has 2 fully saturated rings. The van der Waals surface area contributed by atoms with Gasteiger partial charge in [0.15, 0.2) is 23.0 Å². The first-order valence-corrected chi connectivity index (χ1v) is 12.8. The smallest absolute Gasteiger partial charge is 0.308 e. The molecule has 3 atom stereocenters. The van der Waals surface area contributed by atoms with Crippen LogP contribution >= 0.6 is 0 Å². The lowest BCUT2D eigenvalue weighted by Gasteiger charge is -2.26. The molecule has 0 aromatic heterocycles. The Morgan fingerprint density at radius 1 is 0.833 bits per heavy atom. The number of benzene rings is 2. The number of hydrogen-bond donors (Lipinski definition) is 0. The number of hydrogen-bond acceptors (Lipinski definition) is 7. The van der Waals surface area contributed by atoms with Crippen molar-refractivity contribution in [2.45, 2.75) is 44.6 Å². The van der Waals surface area contributed by atoms with Crippen LogP contribution in [0.1, 0.15) is 49.3 Å². The van der Waals surface area contributed by atoms with Crippen LogP contribution in [0.25, 0.3) is 0 Å². The molecule has 0 N–H and O–H groups in total. The summed E-state index contributed by atoms with van der Waals surface area (Å²) in [6, 6.07) is 11.8. The highest BCUT2D eigenvalue weighted by Gasteiger charge is 2.40. The second-order valence-corrected chi connectivity index (χ2v) is 9.65. The summed E-state index contributed by atoms with van der Waals surface area (Å²) < 4.78 is 34.1. The van der Waals surface area contributed by atoms with Gasteiger partial charge in [-0.05, 0) is 60.6 Å². The number of ether oxygens (including phenoxy) is 6. The van der Waals surface area contributed by atoms with E-state index in [2.05, 4.69) is 6.07 Å². The summed E-state index contributed by atoms with van der Waals surface area (Å²) in [6.07, 6.45) is 5.81. The summed E-state index contributed by atoms with van der Waals surface area (Å²) in [7, 11) is 6.52. The van der Waals surface area contributed by atoms with Crippen LogP contribution in [0.5, 0.6) is 23.0 Å². The van der Waals surface area contributed by atoms with E-state index >= 15 is 0 Å². The van der Waals surface area contributed by atoms with Crippen molar-refractivity contribution in [3.8, 4) is 23.0 Å². The number of esters is 1. The highest BCUT2D eigenvalue weighted by Crippen LogP contribution is 2.43. The van der Waals surface area contributed by atoms with E-state index in [9.17, 15) is 4.79 Å². The molecule has 7 heteroatoms. The Hall–Kier alpha value is -2.93. The average molecular weight is 499 g/mol. The first-order chi connectivity index (χ1) is 17.6. The van der Waals surface area contributed by atoms with Crippen molar-refractivity contribution in [3.05, 3.63) is 47.5 Å². The van der Waals surface area contributed by atoms with Crippen LogP contribution in [0.3, 0.4) is 0 Å². The summed E-state index contributed by atoms with van der Waals surface area (Å²) >= 11 is 0. The second kappa shape index (κ2) is 12.3. The molecule has 2 aromatic rings. The minimum absolute atomic E-state index is 0.00346. The topological polar surface area (TPSA) is 72.5 Å². The zero-order valence-electron chi connectivity index (χ0n) is 21.8. The minimum Gasteiger partial charge on any atom is -0.493 e. The van der Waals surface area contributed by atoms with E-state index in [4.69, 9.17) is 28.4 Å². The van der Waals surface area contributed by atoms with Crippen molar-refractivity contribution in [1.82, 2.24) is 0 Å². The van der Waals surface area contributed by atoms with Gasteiger partial charge >= 0.3 is 5.97 Å². The van der Waals surface area contributed by atoms with Crippen LogP contribution in [-0.4, -0.2) is 47.6 Å². The fraction of sp³-hybridized carbons (Fsp3) is 0.552. The Kier molecular flexibility index (Phi) is 8.97. The van der Waals surface area contributed by atoms with Crippen molar-refractivity contribution in [2.75, 3.05) is 41.7 Å². The molecular weight excluding hydrogens is 460 g/mol. The van der Waals surface area contributed by atoms with E-state index in [1.807, 2.05) is 30.3 Å². The number of carbonyl (C=O) groups excluding carboxylic acids is 1. The van der Waals surface area contributed by atoms with Gasteiger partial charge in [0.25, 0.3) is 0 Å². The van der Waals surface area contributed by atoms with Crippen molar-refractivity contribution >= 4 is 5.97 Å². The zero-order valence-corrected chi connectivity index (χ0v) is 21.8. The highest BCUT2D eigenvalue weighted by atomic mass is 16.5. The molecule has 4 rings (SSSR count). The van der Waals surface area contributed by atoms with Gasteiger partial charge in [-0.2, -0.15) is 0 Å². The molecule has 36 heavy (non-hydrogen) atoms. The second-order valence-electron chi connectivity index (χ2n) is 9.65. The van der Waals surface area contributed by atoms with Crippen LogP contribution in [0.2, 0.25) is 0 Å². The van der Waals surface area contributed by atoms with Crippen LogP contribution in [0.4, 0.5) is 0 Å². The zero-order chi connectivity index (χ0) is 25.5. The predicted molar refractivity (Wildman–Crippen MR) is 136 cm³/mol. The fourth-order valence-electron chi connectivity index (χ4n) is 5.47. The van der Waals surface area contributed by atoms with Crippen LogP contribution in [0.15, 0.2) is 36.4 Å². The molecule has 2 aromatic carbocycles. The Labute approximate surface area is 214 Å². The molecule has 1 saturated heterocycles. The number of methoxy groups -OCH3 is 4. The molecular formula is C29H38O7. The van der Waals surface area contributed by atoms with Crippen LogP contribution in [0, 0.1) is 17.8 Å². The van der Waals surface area contributed by atoms with Crippen molar-refractivity contribution < 1.29 is 33.2 Å². The fourth-order valence-corrected chi connectivity index (χ4v) is 5.47. The molecule has 0 radical (unpaired) electrons. The van der Waals surface area contributed by atoms with Gasteiger partial charge in [-0.3, -0.25) is 4.79 Å². The third-order valence-electron chi connectivity index (χ3n) is 7.52. The summed E-state index contributed by atoms with van der Waals surface area (Å²) in [5.74, 6) is 2.84. The van der Waals surface area contributed by atoms with Gasteiger partial charge in [0, 0.05) is 5.92 Å². The molecule has 0 spiro atoms. The van der Waals surface area contributed by atoms with E-state index in [1.54, 1.807) is 28.4 Å². The molecule has 1 unspecified atom stereocenters. The lowest BCUT2D eigenvalue weighted by atomic mass is 9.84. The maximum Gasteiger partial charge on any atom is 0.308 e. The van der Waals surface area contributed by atoms with Crippen molar-refractivity contribution in [2.24, 2.45) is 17.8 Å². The molecule has 7 nitrogen and oxygen atoms in total. The third kappa shape index (κ3) is 5.89. The normalized spacial score (nSPS) is 22.2. The lowest BCUT2D eigenvalue weighted by molar-refractivity contribution is -0.152. The van der Waals surface area contributed by atoms with E-state index in [0.29, 0.717) is 36.2 Å². The minimum atomic E-state index is -0.214. The summed E-state index contributed by atoms with van der Waals surface area (Å²) in [5.41, 5.74) is 2.11. The van der Waals surface area contributed by atoms with Gasteiger partial charge in [-0.15, -0.1) is 0 Å². The maximum atomic E-state index is 12.9. The standard InChI is InChI=1S/C29H38O7/c1-31-24-12-10-19(15-26(24)33-3)14-22-17-35-28(21-11-13-25(32-2)27(16-21)34-4)23(22)18-36-29(30)20-8-6-5-7-9-20/h10-13,15-16,20,22-23,28H,5-9,14,17-18H2,1-4H3/t22-,23-,28?/m0/s1. The van der Waals surface area contributed by atoms with Gasteiger partial charge in [-0.1, -0.05) is 31.4 Å². The Balaban J connectivity index is 1.55. The molecule has 0 amide bonds. The van der Waals surface area contributed by atoms with Gasteiger partial charge in [0.1, 0.15) is 0 Å². The van der Waals surface area contributed by atoms with Gasteiger partial charge in [-0.25, -0.2) is 0 Å². The predicted octanol–water partition coefficient (Wildman–Crippen LogP) is 5.39. The number of rotatable bonds is 10. The Morgan fingerprint density at radius 3 is 2.14 bits per heavy atom. The van der Waals surface area contributed by atoms with E-state index < -0.39 is 0 Å². The van der Waals surface area contributed by atoms with Gasteiger partial charge < -0.3 is 28.4 Å². The first kappa shape index (κ1) is 26.1. The molecule has 1 aliphatic heterocycles. The third-order valence-corrected chi connectivity index (χ3v) is 7.52. The molecule has 196 valence electrons. The monoisotopic (exact) mass is 498 g/mol. The molecule has 2 aliphatic rings. The molecule has 1 aliphatic carbocycles. The largest absolute Gasteiger partial charge is 0.493 e.